The molecule has 0 spiro atoms. The van der Waals surface area contributed by atoms with Crippen molar-refractivity contribution in [3.05, 3.63) is 65.2 Å². The van der Waals surface area contributed by atoms with E-state index >= 15 is 0 Å². The fourth-order valence-electron chi connectivity index (χ4n) is 2.26. The number of hydrogen-bond acceptors (Lipinski definition) is 3. The molecule has 0 saturated heterocycles. The fourth-order valence-corrected chi connectivity index (χ4v) is 2.26. The van der Waals surface area contributed by atoms with E-state index in [1.807, 2.05) is 55.5 Å². The van der Waals surface area contributed by atoms with E-state index in [1.54, 1.807) is 7.11 Å². The van der Waals surface area contributed by atoms with E-state index in [2.05, 4.69) is 0 Å². The minimum Gasteiger partial charge on any atom is -0.493 e. The number of hydrogen-bond donors (Lipinski definition) is 1. The monoisotopic (exact) mass is 286 g/mol. The molecule has 0 aliphatic carbocycles. The van der Waals surface area contributed by atoms with Crippen LogP contribution in [0, 0.1) is 0 Å². The highest BCUT2D eigenvalue weighted by atomic mass is 16.5. The maximum atomic E-state index is 10.6. The molecule has 2 aromatic rings. The third-order valence-electron chi connectivity index (χ3n) is 3.40. The Morgan fingerprint density at radius 2 is 1.76 bits per heavy atom. The summed E-state index contributed by atoms with van der Waals surface area (Å²) in [5.74, 6) is 0.732. The smallest absolute Gasteiger partial charge is 0.125 e. The molecule has 21 heavy (non-hydrogen) atoms. The van der Waals surface area contributed by atoms with Crippen molar-refractivity contribution in [1.82, 2.24) is 0 Å². The van der Waals surface area contributed by atoms with Crippen molar-refractivity contribution in [2.75, 3.05) is 20.3 Å². The van der Waals surface area contributed by atoms with Gasteiger partial charge < -0.3 is 14.6 Å². The standard InChI is InChI=1S/C18H22O3/c1-3-21-17-7-5-4-6-16(17)18(19)15-10-8-14(9-11-15)12-13-20-2/h4-11,18-19H,3,12-13H2,1-2H3. The number of ether oxygens (including phenoxy) is 2. The molecule has 1 atom stereocenters. The predicted octanol–water partition coefficient (Wildman–Crippen LogP) is 3.36. The largest absolute Gasteiger partial charge is 0.493 e. The van der Waals surface area contributed by atoms with Crippen LogP contribution in [0.4, 0.5) is 0 Å². The summed E-state index contributed by atoms with van der Waals surface area (Å²) in [6, 6.07) is 15.6. The Kier molecular flexibility index (Phi) is 5.78. The molecule has 0 amide bonds. The first-order chi connectivity index (χ1) is 10.3. The fraction of sp³-hybridized carbons (Fsp3) is 0.333. The van der Waals surface area contributed by atoms with Gasteiger partial charge in [-0.2, -0.15) is 0 Å². The highest BCUT2D eigenvalue weighted by Crippen LogP contribution is 2.30. The molecular formula is C18H22O3. The average molecular weight is 286 g/mol. The zero-order chi connectivity index (χ0) is 15.1. The molecular weight excluding hydrogens is 264 g/mol. The van der Waals surface area contributed by atoms with Gasteiger partial charge in [-0.05, 0) is 30.5 Å². The van der Waals surface area contributed by atoms with Crippen molar-refractivity contribution in [1.29, 1.82) is 0 Å². The number of aliphatic hydroxyl groups excluding tert-OH is 1. The number of para-hydroxylation sites is 1. The zero-order valence-corrected chi connectivity index (χ0v) is 12.6. The Morgan fingerprint density at radius 1 is 1.05 bits per heavy atom. The number of methoxy groups -OCH3 is 1. The molecule has 0 saturated carbocycles. The van der Waals surface area contributed by atoms with Crippen molar-refractivity contribution in [2.24, 2.45) is 0 Å². The lowest BCUT2D eigenvalue weighted by Crippen LogP contribution is -2.04. The van der Waals surface area contributed by atoms with E-state index in [0.717, 1.165) is 23.3 Å². The molecule has 0 aliphatic rings. The summed E-state index contributed by atoms with van der Waals surface area (Å²) in [5.41, 5.74) is 2.86. The first-order valence-electron chi connectivity index (χ1n) is 7.23. The molecule has 3 nitrogen and oxygen atoms in total. The topological polar surface area (TPSA) is 38.7 Å². The van der Waals surface area contributed by atoms with E-state index in [-0.39, 0.29) is 0 Å². The van der Waals surface area contributed by atoms with Crippen LogP contribution in [0.2, 0.25) is 0 Å². The van der Waals surface area contributed by atoms with Crippen molar-refractivity contribution >= 4 is 0 Å². The molecule has 112 valence electrons. The van der Waals surface area contributed by atoms with Gasteiger partial charge in [0.1, 0.15) is 11.9 Å². The minimum atomic E-state index is -0.677. The third kappa shape index (κ3) is 4.06. The lowest BCUT2D eigenvalue weighted by Gasteiger charge is -2.16. The summed E-state index contributed by atoms with van der Waals surface area (Å²) in [6.07, 6.45) is 0.201. The number of aliphatic hydroxyl groups is 1. The molecule has 2 aromatic carbocycles. The second-order valence-electron chi connectivity index (χ2n) is 4.86. The quantitative estimate of drug-likeness (QED) is 0.848. The summed E-state index contributed by atoms with van der Waals surface area (Å²) in [6.45, 7) is 3.22. The van der Waals surface area contributed by atoms with E-state index < -0.39 is 6.10 Å². The molecule has 1 unspecified atom stereocenters. The highest BCUT2D eigenvalue weighted by molar-refractivity contribution is 5.40. The average Bonchev–Trinajstić information content (AvgIpc) is 2.53. The van der Waals surface area contributed by atoms with Crippen LogP contribution >= 0.6 is 0 Å². The normalized spacial score (nSPS) is 12.1. The van der Waals surface area contributed by atoms with E-state index in [4.69, 9.17) is 9.47 Å². The SMILES string of the molecule is CCOc1ccccc1C(O)c1ccc(CCOC)cc1. The summed E-state index contributed by atoms with van der Waals surface area (Å²) in [5, 5.41) is 10.6. The second-order valence-corrected chi connectivity index (χ2v) is 4.86. The molecule has 0 heterocycles. The van der Waals surface area contributed by atoms with Crippen LogP contribution in [0.15, 0.2) is 48.5 Å². The maximum Gasteiger partial charge on any atom is 0.125 e. The lowest BCUT2D eigenvalue weighted by atomic mass is 9.99. The van der Waals surface area contributed by atoms with Crippen molar-refractivity contribution in [3.63, 3.8) is 0 Å². The van der Waals surface area contributed by atoms with Crippen molar-refractivity contribution < 1.29 is 14.6 Å². The van der Waals surface area contributed by atoms with Crippen LogP contribution in [0.1, 0.15) is 29.7 Å². The van der Waals surface area contributed by atoms with Gasteiger partial charge in [0.05, 0.1) is 13.2 Å². The summed E-state index contributed by atoms with van der Waals surface area (Å²) < 4.78 is 10.6. The molecule has 0 fully saturated rings. The Balaban J connectivity index is 2.17. The van der Waals surface area contributed by atoms with Crippen LogP contribution in [-0.4, -0.2) is 25.4 Å². The molecule has 0 radical (unpaired) electrons. The lowest BCUT2D eigenvalue weighted by molar-refractivity contribution is 0.202. The molecule has 0 aliphatic heterocycles. The van der Waals surface area contributed by atoms with E-state index in [9.17, 15) is 5.11 Å². The Bertz CT molecular complexity index is 549. The third-order valence-corrected chi connectivity index (χ3v) is 3.40. The van der Waals surface area contributed by atoms with Crippen LogP contribution in [0.3, 0.4) is 0 Å². The second kappa shape index (κ2) is 7.81. The summed E-state index contributed by atoms with van der Waals surface area (Å²) in [4.78, 5) is 0. The van der Waals surface area contributed by atoms with Gasteiger partial charge in [-0.15, -0.1) is 0 Å². The van der Waals surface area contributed by atoms with Crippen molar-refractivity contribution in [3.8, 4) is 5.75 Å². The van der Waals surface area contributed by atoms with Gasteiger partial charge >= 0.3 is 0 Å². The van der Waals surface area contributed by atoms with Gasteiger partial charge in [0.2, 0.25) is 0 Å². The first-order valence-corrected chi connectivity index (χ1v) is 7.23. The van der Waals surface area contributed by atoms with Gasteiger partial charge in [-0.3, -0.25) is 0 Å². The Hall–Kier alpha value is -1.84. The molecule has 0 aromatic heterocycles. The van der Waals surface area contributed by atoms with Gasteiger partial charge in [0, 0.05) is 12.7 Å². The summed E-state index contributed by atoms with van der Waals surface area (Å²) >= 11 is 0. The molecule has 0 bridgehead atoms. The van der Waals surface area contributed by atoms with E-state index in [1.165, 1.54) is 5.56 Å². The van der Waals surface area contributed by atoms with Crippen LogP contribution < -0.4 is 4.74 Å². The number of benzene rings is 2. The van der Waals surface area contributed by atoms with Crippen LogP contribution in [0.25, 0.3) is 0 Å². The van der Waals surface area contributed by atoms with Crippen LogP contribution in [0.5, 0.6) is 5.75 Å². The Morgan fingerprint density at radius 3 is 2.43 bits per heavy atom. The minimum absolute atomic E-state index is 0.583. The number of rotatable bonds is 7. The van der Waals surface area contributed by atoms with Crippen molar-refractivity contribution in [2.45, 2.75) is 19.4 Å². The molecule has 1 N–H and O–H groups in total. The first kappa shape index (κ1) is 15.5. The van der Waals surface area contributed by atoms with Gasteiger partial charge in [-0.1, -0.05) is 42.5 Å². The summed E-state index contributed by atoms with van der Waals surface area (Å²) in [7, 11) is 1.70. The van der Waals surface area contributed by atoms with Gasteiger partial charge in [0.25, 0.3) is 0 Å². The maximum absolute atomic E-state index is 10.6. The molecule has 2 rings (SSSR count). The van der Waals surface area contributed by atoms with Crippen LogP contribution in [-0.2, 0) is 11.2 Å². The van der Waals surface area contributed by atoms with E-state index in [0.29, 0.717) is 13.2 Å². The predicted molar refractivity (Wildman–Crippen MR) is 83.7 cm³/mol. The highest BCUT2D eigenvalue weighted by Gasteiger charge is 2.15. The molecule has 3 heteroatoms. The Labute approximate surface area is 126 Å². The van der Waals surface area contributed by atoms with Gasteiger partial charge in [-0.25, -0.2) is 0 Å². The zero-order valence-electron chi connectivity index (χ0n) is 12.6. The van der Waals surface area contributed by atoms with Gasteiger partial charge in [0.15, 0.2) is 0 Å².